The molecule has 3 aromatic rings. The van der Waals surface area contributed by atoms with Gasteiger partial charge in [0.25, 0.3) is 0 Å². The van der Waals surface area contributed by atoms with Crippen molar-refractivity contribution in [3.8, 4) is 11.4 Å². The van der Waals surface area contributed by atoms with E-state index in [1.807, 2.05) is 56.4 Å². The van der Waals surface area contributed by atoms with Gasteiger partial charge in [-0.1, -0.05) is 12.1 Å². The Balaban J connectivity index is 2.02. The van der Waals surface area contributed by atoms with E-state index in [1.165, 1.54) is 12.3 Å². The number of aliphatic hydroxyl groups excluding tert-OH is 1. The van der Waals surface area contributed by atoms with Crippen LogP contribution in [0.3, 0.4) is 0 Å². The summed E-state index contributed by atoms with van der Waals surface area (Å²) in [4.78, 5) is 19.2. The normalized spacial score (nSPS) is 13.6. The highest BCUT2D eigenvalue weighted by Crippen LogP contribution is 2.24. The summed E-state index contributed by atoms with van der Waals surface area (Å²) in [7, 11) is 0. The lowest BCUT2D eigenvalue weighted by atomic mass is 10.0. The first-order chi connectivity index (χ1) is 13.4. The van der Waals surface area contributed by atoms with Crippen molar-refractivity contribution in [1.82, 2.24) is 9.55 Å². The Hall–Kier alpha value is -3.38. The van der Waals surface area contributed by atoms with E-state index in [1.54, 1.807) is 17.7 Å². The molecule has 0 aliphatic heterocycles. The average molecular weight is 377 g/mol. The quantitative estimate of drug-likeness (QED) is 0.584. The second kappa shape index (κ2) is 8.10. The van der Waals surface area contributed by atoms with Gasteiger partial charge >= 0.3 is 0 Å². The number of allylic oxidation sites excluding steroid dienone is 2. The number of pyridine rings is 1. The Labute approximate surface area is 163 Å². The van der Waals surface area contributed by atoms with Gasteiger partial charge in [0.2, 0.25) is 5.43 Å². The highest BCUT2D eigenvalue weighted by molar-refractivity contribution is 5.91. The van der Waals surface area contributed by atoms with Crippen LogP contribution in [0.4, 0.5) is 5.82 Å². The summed E-state index contributed by atoms with van der Waals surface area (Å²) < 4.78 is 1.63. The van der Waals surface area contributed by atoms with E-state index in [4.69, 9.17) is 0 Å². The zero-order valence-electron chi connectivity index (χ0n) is 16.0. The summed E-state index contributed by atoms with van der Waals surface area (Å²) >= 11 is 0. The number of aromatic amines is 1. The monoisotopic (exact) mass is 377 g/mol. The number of nitrogens with one attached hydrogen (secondary N) is 1. The summed E-state index contributed by atoms with van der Waals surface area (Å²) in [5.41, 5.74) is 3.65. The Morgan fingerprint density at radius 1 is 1.21 bits per heavy atom. The first-order valence-electron chi connectivity index (χ1n) is 8.96. The van der Waals surface area contributed by atoms with Crippen LogP contribution in [0.15, 0.2) is 70.2 Å². The Morgan fingerprint density at radius 3 is 2.68 bits per heavy atom. The van der Waals surface area contributed by atoms with Crippen LogP contribution in [-0.2, 0) is 0 Å². The fourth-order valence-electron chi connectivity index (χ4n) is 2.86. The molecule has 1 atom stereocenters. The molecular formula is C22H23N3O3. The molecule has 0 radical (unpaired) electrons. The summed E-state index contributed by atoms with van der Waals surface area (Å²) in [6.45, 7) is 5.58. The molecule has 6 heteroatoms. The van der Waals surface area contributed by atoms with Gasteiger partial charge in [0.15, 0.2) is 5.75 Å². The molecule has 0 saturated heterocycles. The van der Waals surface area contributed by atoms with Crippen LogP contribution in [0.1, 0.15) is 38.1 Å². The molecule has 0 amide bonds. The fraction of sp³-hybridized carbons (Fsp3) is 0.182. The Bertz CT molecular complexity index is 1090. The number of aliphatic imine (C=N–C) groups is 1. The zero-order chi connectivity index (χ0) is 20.3. The molecule has 2 aromatic heterocycles. The number of aliphatic hydroxyl groups is 1. The molecular weight excluding hydrogens is 354 g/mol. The second-order valence-corrected chi connectivity index (χ2v) is 6.67. The van der Waals surface area contributed by atoms with Crippen molar-refractivity contribution >= 4 is 17.6 Å². The van der Waals surface area contributed by atoms with Crippen LogP contribution in [0.25, 0.3) is 11.3 Å². The topological polar surface area (TPSA) is 90.6 Å². The maximum Gasteiger partial charge on any atom is 0.223 e. The third kappa shape index (κ3) is 4.13. The third-order valence-electron chi connectivity index (χ3n) is 4.62. The van der Waals surface area contributed by atoms with Crippen molar-refractivity contribution in [2.45, 2.75) is 26.9 Å². The number of hydrogen-bond donors (Lipinski definition) is 3. The minimum atomic E-state index is -0.858. The van der Waals surface area contributed by atoms with E-state index < -0.39 is 11.5 Å². The molecule has 144 valence electrons. The standard InChI is InChI=1S/C22H23N3O3/c1-14(12-24-22-8-5-9-23-22)15(2)17-6-4-7-18(10-17)25-13-21(28)20(27)11-19(25)16(3)26/h4-13,16,23,26,28H,1-3H3/b15-14+,24-12-. The van der Waals surface area contributed by atoms with E-state index in [2.05, 4.69) is 9.98 Å². The predicted molar refractivity (Wildman–Crippen MR) is 112 cm³/mol. The highest BCUT2D eigenvalue weighted by Gasteiger charge is 2.12. The summed E-state index contributed by atoms with van der Waals surface area (Å²) in [6, 6.07) is 12.7. The molecule has 0 aliphatic rings. The van der Waals surface area contributed by atoms with Gasteiger partial charge in [0, 0.05) is 24.2 Å². The largest absolute Gasteiger partial charge is 0.503 e. The van der Waals surface area contributed by atoms with E-state index in [-0.39, 0.29) is 5.75 Å². The van der Waals surface area contributed by atoms with Crippen molar-refractivity contribution in [3.05, 3.63) is 81.9 Å². The summed E-state index contributed by atoms with van der Waals surface area (Å²) in [6.07, 6.45) is 4.10. The molecule has 3 rings (SSSR count). The number of benzene rings is 1. The first-order valence-corrected chi connectivity index (χ1v) is 8.96. The number of aromatic hydroxyl groups is 1. The Morgan fingerprint density at radius 2 is 2.00 bits per heavy atom. The lowest BCUT2D eigenvalue weighted by Crippen LogP contribution is -2.13. The number of hydrogen-bond acceptors (Lipinski definition) is 4. The predicted octanol–water partition coefficient (Wildman–Crippen LogP) is 4.12. The lowest BCUT2D eigenvalue weighted by Gasteiger charge is -2.17. The molecule has 2 heterocycles. The number of aromatic nitrogens is 2. The van der Waals surface area contributed by atoms with Gasteiger partial charge in [-0.15, -0.1) is 0 Å². The Kier molecular flexibility index (Phi) is 5.61. The molecule has 3 N–H and O–H groups in total. The number of H-pyrrole nitrogens is 1. The molecule has 1 aromatic carbocycles. The van der Waals surface area contributed by atoms with Gasteiger partial charge in [0.1, 0.15) is 5.82 Å². The van der Waals surface area contributed by atoms with E-state index in [0.717, 1.165) is 28.2 Å². The number of nitrogens with zero attached hydrogens (tertiary/aromatic N) is 2. The van der Waals surface area contributed by atoms with Crippen LogP contribution in [0, 0.1) is 0 Å². The van der Waals surface area contributed by atoms with Gasteiger partial charge in [-0.25, -0.2) is 4.99 Å². The molecule has 1 unspecified atom stereocenters. The van der Waals surface area contributed by atoms with Crippen LogP contribution < -0.4 is 5.43 Å². The van der Waals surface area contributed by atoms with Gasteiger partial charge in [0.05, 0.1) is 18.0 Å². The zero-order valence-corrected chi connectivity index (χ0v) is 16.0. The highest BCUT2D eigenvalue weighted by atomic mass is 16.3. The molecule has 0 bridgehead atoms. The number of rotatable bonds is 5. The first kappa shape index (κ1) is 19.4. The molecule has 28 heavy (non-hydrogen) atoms. The summed E-state index contributed by atoms with van der Waals surface area (Å²) in [5.74, 6) is 0.419. The lowest BCUT2D eigenvalue weighted by molar-refractivity contribution is 0.191. The summed E-state index contributed by atoms with van der Waals surface area (Å²) in [5, 5.41) is 19.9. The smallest absolute Gasteiger partial charge is 0.223 e. The maximum absolute atomic E-state index is 11.8. The van der Waals surface area contributed by atoms with Gasteiger partial charge < -0.3 is 19.8 Å². The van der Waals surface area contributed by atoms with Crippen molar-refractivity contribution in [1.29, 1.82) is 0 Å². The van der Waals surface area contributed by atoms with Gasteiger partial charge in [-0.3, -0.25) is 4.79 Å². The molecule has 6 nitrogen and oxygen atoms in total. The van der Waals surface area contributed by atoms with Crippen LogP contribution in [0.5, 0.6) is 5.75 Å². The molecule has 0 saturated carbocycles. The maximum atomic E-state index is 11.8. The third-order valence-corrected chi connectivity index (χ3v) is 4.62. The van der Waals surface area contributed by atoms with Crippen molar-refractivity contribution in [3.63, 3.8) is 0 Å². The van der Waals surface area contributed by atoms with Crippen LogP contribution >= 0.6 is 0 Å². The fourth-order valence-corrected chi connectivity index (χ4v) is 2.86. The SMILES string of the molecule is CC(/C=N\c1ccc[nH]1)=C(/C)c1cccc(-n2cc(O)c(=O)cc2C(C)O)c1. The second-order valence-electron chi connectivity index (χ2n) is 6.67. The van der Waals surface area contributed by atoms with Gasteiger partial charge in [-0.2, -0.15) is 0 Å². The minimum absolute atomic E-state index is 0.365. The van der Waals surface area contributed by atoms with E-state index in [9.17, 15) is 15.0 Å². The van der Waals surface area contributed by atoms with Crippen LogP contribution in [0.2, 0.25) is 0 Å². The van der Waals surface area contributed by atoms with Crippen molar-refractivity contribution < 1.29 is 10.2 Å². The minimum Gasteiger partial charge on any atom is -0.503 e. The van der Waals surface area contributed by atoms with Crippen molar-refractivity contribution in [2.75, 3.05) is 0 Å². The molecule has 0 aliphatic carbocycles. The van der Waals surface area contributed by atoms with E-state index in [0.29, 0.717) is 5.69 Å². The van der Waals surface area contributed by atoms with Gasteiger partial charge in [-0.05, 0) is 61.7 Å². The van der Waals surface area contributed by atoms with E-state index >= 15 is 0 Å². The molecule has 0 spiro atoms. The molecule has 0 fully saturated rings. The average Bonchev–Trinajstić information content (AvgIpc) is 3.20. The van der Waals surface area contributed by atoms with Crippen molar-refractivity contribution in [2.24, 2.45) is 4.99 Å². The van der Waals surface area contributed by atoms with Crippen LogP contribution in [-0.4, -0.2) is 26.0 Å².